The van der Waals surface area contributed by atoms with Crippen molar-refractivity contribution in [1.29, 1.82) is 0 Å². The number of hydrogen-bond acceptors (Lipinski definition) is 6. The van der Waals surface area contributed by atoms with Crippen molar-refractivity contribution in [1.82, 2.24) is 15.1 Å². The number of aromatic nitrogens is 3. The van der Waals surface area contributed by atoms with Crippen LogP contribution in [-0.2, 0) is 10.2 Å². The number of anilines is 1. The van der Waals surface area contributed by atoms with Gasteiger partial charge >= 0.3 is 0 Å². The lowest BCUT2D eigenvalue weighted by Crippen LogP contribution is -2.51. The number of rotatable bonds is 8. The van der Waals surface area contributed by atoms with Gasteiger partial charge in [-0.3, -0.25) is 4.79 Å². The van der Waals surface area contributed by atoms with E-state index in [1.165, 1.54) is 32.1 Å². The molecule has 0 unspecified atom stereocenters. The molecular formula is C32H40N4O3. The van der Waals surface area contributed by atoms with Crippen LogP contribution in [0.25, 0.3) is 11.1 Å². The van der Waals surface area contributed by atoms with Crippen molar-refractivity contribution in [2.24, 2.45) is 11.3 Å². The highest BCUT2D eigenvalue weighted by atomic mass is 16.5. The Hall–Kier alpha value is -3.22. The Labute approximate surface area is 231 Å². The standard InChI is InChI=1S/C32H40N4O3/c1-23-34-30(39-35-23)32-15-12-31(13-16-32,14-17-32)22-36(29(37)19-24-7-4-3-5-8-24)27-10-6-9-25(20-27)26-11-18-33-28(21-26)38-2/h6,9-11,18,20-21,24H,3-5,7-8,12-17,19,22H2,1-2H3. The minimum absolute atomic E-state index is 0.0142. The molecule has 4 aliphatic carbocycles. The molecule has 2 bridgehead atoms. The van der Waals surface area contributed by atoms with Gasteiger partial charge in [0.05, 0.1) is 7.11 Å². The van der Waals surface area contributed by atoms with Crippen LogP contribution in [0, 0.1) is 18.3 Å². The first-order chi connectivity index (χ1) is 19.0. The van der Waals surface area contributed by atoms with Crippen LogP contribution in [0.15, 0.2) is 47.1 Å². The zero-order valence-electron chi connectivity index (χ0n) is 23.3. The maximum atomic E-state index is 14.1. The molecule has 7 nitrogen and oxygen atoms in total. The number of amides is 1. The van der Waals surface area contributed by atoms with E-state index in [4.69, 9.17) is 9.26 Å². The van der Waals surface area contributed by atoms with Gasteiger partial charge in [-0.15, -0.1) is 0 Å². The van der Waals surface area contributed by atoms with Gasteiger partial charge in [0.15, 0.2) is 5.82 Å². The first-order valence-electron chi connectivity index (χ1n) is 14.7. The quantitative estimate of drug-likeness (QED) is 0.312. The lowest BCUT2D eigenvalue weighted by Gasteiger charge is -2.53. The van der Waals surface area contributed by atoms with E-state index in [2.05, 4.69) is 44.3 Å². The average molecular weight is 529 g/mol. The number of fused-ring (bicyclic) bond motifs is 3. The van der Waals surface area contributed by atoms with Crippen molar-refractivity contribution in [2.75, 3.05) is 18.6 Å². The number of methoxy groups -OCH3 is 1. The largest absolute Gasteiger partial charge is 0.481 e. The SMILES string of the molecule is COc1cc(-c2cccc(N(CC34CCC(c5nc(C)no5)(CC3)CC4)C(=O)CC3CCCCC3)c2)ccn1. The Kier molecular flexibility index (Phi) is 7.17. The van der Waals surface area contributed by atoms with Crippen molar-refractivity contribution in [2.45, 2.75) is 89.4 Å². The monoisotopic (exact) mass is 528 g/mol. The molecular weight excluding hydrogens is 488 g/mol. The molecule has 206 valence electrons. The summed E-state index contributed by atoms with van der Waals surface area (Å²) in [6.07, 6.45) is 15.0. The van der Waals surface area contributed by atoms with Crippen molar-refractivity contribution in [3.63, 3.8) is 0 Å². The summed E-state index contributed by atoms with van der Waals surface area (Å²) in [4.78, 5) is 25.1. The summed E-state index contributed by atoms with van der Waals surface area (Å²) < 4.78 is 11.0. The molecule has 0 atom stereocenters. The van der Waals surface area contributed by atoms with Crippen LogP contribution in [0.5, 0.6) is 5.88 Å². The number of aryl methyl sites for hydroxylation is 1. The molecule has 0 radical (unpaired) electrons. The second kappa shape index (κ2) is 10.7. The van der Waals surface area contributed by atoms with E-state index in [0.717, 1.165) is 67.8 Å². The highest BCUT2D eigenvalue weighted by Gasteiger charge is 2.53. The van der Waals surface area contributed by atoms with E-state index >= 15 is 0 Å². The average Bonchev–Trinajstić information content (AvgIpc) is 3.44. The molecule has 2 aromatic heterocycles. The number of benzene rings is 1. The Morgan fingerprint density at radius 3 is 2.46 bits per heavy atom. The minimum atomic E-state index is 0.0142. The van der Waals surface area contributed by atoms with Crippen molar-refractivity contribution < 1.29 is 14.1 Å². The minimum Gasteiger partial charge on any atom is -0.481 e. The van der Waals surface area contributed by atoms with Gasteiger partial charge in [-0.25, -0.2) is 4.98 Å². The molecule has 2 heterocycles. The predicted octanol–water partition coefficient (Wildman–Crippen LogP) is 7.04. The van der Waals surface area contributed by atoms with E-state index in [1.54, 1.807) is 13.3 Å². The topological polar surface area (TPSA) is 81.4 Å². The van der Waals surface area contributed by atoms with Crippen molar-refractivity contribution in [3.8, 4) is 17.0 Å². The predicted molar refractivity (Wildman–Crippen MR) is 151 cm³/mol. The van der Waals surface area contributed by atoms with Gasteiger partial charge in [0, 0.05) is 36.3 Å². The molecule has 39 heavy (non-hydrogen) atoms. The van der Waals surface area contributed by atoms with Crippen LogP contribution in [-0.4, -0.2) is 34.7 Å². The number of carbonyl (C=O) groups is 1. The van der Waals surface area contributed by atoms with Gasteiger partial charge in [-0.2, -0.15) is 4.98 Å². The maximum absolute atomic E-state index is 14.1. The molecule has 7 heteroatoms. The van der Waals surface area contributed by atoms with Crippen LogP contribution in [0.1, 0.15) is 88.8 Å². The van der Waals surface area contributed by atoms with Crippen molar-refractivity contribution in [3.05, 3.63) is 54.3 Å². The number of hydrogen-bond donors (Lipinski definition) is 0. The zero-order chi connectivity index (χ0) is 26.9. The summed E-state index contributed by atoms with van der Waals surface area (Å²) in [6.45, 7) is 2.67. The highest BCUT2D eigenvalue weighted by molar-refractivity contribution is 5.94. The lowest BCUT2D eigenvalue weighted by molar-refractivity contribution is -0.120. The molecule has 0 aliphatic heterocycles. The molecule has 4 fully saturated rings. The second-order valence-corrected chi connectivity index (χ2v) is 12.3. The number of ether oxygens (including phenoxy) is 1. The third kappa shape index (κ3) is 5.32. The smallest absolute Gasteiger partial charge is 0.232 e. The van der Waals surface area contributed by atoms with Crippen LogP contribution < -0.4 is 9.64 Å². The zero-order valence-corrected chi connectivity index (χ0v) is 23.3. The number of pyridine rings is 1. The summed E-state index contributed by atoms with van der Waals surface area (Å²) in [5.74, 6) is 2.90. The maximum Gasteiger partial charge on any atom is 0.232 e. The van der Waals surface area contributed by atoms with E-state index in [1.807, 2.05) is 19.1 Å². The molecule has 7 rings (SSSR count). The highest BCUT2D eigenvalue weighted by Crippen LogP contribution is 2.58. The normalized spacial score (nSPS) is 25.0. The van der Waals surface area contributed by atoms with Crippen LogP contribution in [0.2, 0.25) is 0 Å². The molecule has 0 spiro atoms. The van der Waals surface area contributed by atoms with Crippen molar-refractivity contribution >= 4 is 11.6 Å². The summed E-state index contributed by atoms with van der Waals surface area (Å²) >= 11 is 0. The molecule has 4 saturated carbocycles. The second-order valence-electron chi connectivity index (χ2n) is 12.3. The molecule has 0 saturated heterocycles. The van der Waals surface area contributed by atoms with Gasteiger partial charge in [0.1, 0.15) is 0 Å². The fourth-order valence-electron chi connectivity index (χ4n) is 7.30. The lowest BCUT2D eigenvalue weighted by atomic mass is 9.53. The Balaban J connectivity index is 1.27. The van der Waals surface area contributed by atoms with E-state index in [0.29, 0.717) is 24.0 Å². The molecule has 1 amide bonds. The van der Waals surface area contributed by atoms with Crippen LogP contribution >= 0.6 is 0 Å². The van der Waals surface area contributed by atoms with E-state index < -0.39 is 0 Å². The van der Waals surface area contributed by atoms with Gasteiger partial charge in [0.2, 0.25) is 17.7 Å². The Morgan fingerprint density at radius 1 is 1.03 bits per heavy atom. The van der Waals surface area contributed by atoms with Gasteiger partial charge < -0.3 is 14.2 Å². The third-order valence-corrected chi connectivity index (χ3v) is 9.80. The molecule has 0 N–H and O–H groups in total. The fraction of sp³-hybridized carbons (Fsp3) is 0.562. The molecule has 3 aromatic rings. The fourth-order valence-corrected chi connectivity index (χ4v) is 7.30. The Morgan fingerprint density at radius 2 is 1.77 bits per heavy atom. The molecule has 4 aliphatic rings. The van der Waals surface area contributed by atoms with Crippen LogP contribution in [0.4, 0.5) is 5.69 Å². The first kappa shape index (κ1) is 26.0. The third-order valence-electron chi connectivity index (χ3n) is 9.80. The van der Waals surface area contributed by atoms with Crippen LogP contribution in [0.3, 0.4) is 0 Å². The van der Waals surface area contributed by atoms with Gasteiger partial charge in [-0.05, 0) is 98.9 Å². The first-order valence-corrected chi connectivity index (χ1v) is 14.7. The summed E-state index contributed by atoms with van der Waals surface area (Å²) in [5.41, 5.74) is 3.25. The number of nitrogens with zero attached hydrogens (tertiary/aromatic N) is 4. The van der Waals surface area contributed by atoms with E-state index in [9.17, 15) is 4.79 Å². The summed E-state index contributed by atoms with van der Waals surface area (Å²) in [5, 5.41) is 4.08. The molecule has 1 aromatic carbocycles. The Bertz CT molecular complexity index is 1290. The van der Waals surface area contributed by atoms with Gasteiger partial charge in [0.25, 0.3) is 0 Å². The summed E-state index contributed by atoms with van der Waals surface area (Å²) in [7, 11) is 1.64. The number of carbonyl (C=O) groups excluding carboxylic acids is 1. The summed E-state index contributed by atoms with van der Waals surface area (Å²) in [6, 6.07) is 12.4. The van der Waals surface area contributed by atoms with E-state index in [-0.39, 0.29) is 16.7 Å². The van der Waals surface area contributed by atoms with Gasteiger partial charge in [-0.1, -0.05) is 36.6 Å².